The third kappa shape index (κ3) is 19.3. The normalized spacial score (nSPS) is 20.1. The number of rotatable bonds is 26. The Morgan fingerprint density at radius 1 is 0.827 bits per heavy atom. The molecule has 5 heterocycles. The largest absolute Gasteiger partial charge is 0.501 e. The lowest BCUT2D eigenvalue weighted by Crippen LogP contribution is -2.58. The number of thiazole rings is 1. The average Bonchev–Trinajstić information content (AvgIpc) is 0.799. The minimum Gasteiger partial charge on any atom is -0.391 e. The molecule has 5 aromatic carbocycles. The maximum Gasteiger partial charge on any atom is 0.501 e. The zero-order chi connectivity index (χ0) is 74.5. The Morgan fingerprint density at radius 3 is 2.20 bits per heavy atom. The highest BCUT2D eigenvalue weighted by molar-refractivity contribution is 7.99. The van der Waals surface area contributed by atoms with Crippen molar-refractivity contribution in [3.8, 4) is 10.4 Å². The number of ether oxygens (including phenoxy) is 1. The molecule has 3 saturated heterocycles. The second-order valence-electron chi connectivity index (χ2n) is 29.8. The summed E-state index contributed by atoms with van der Waals surface area (Å²) in [7, 11) is -11.1. The van der Waals surface area contributed by atoms with Crippen LogP contribution in [-0.4, -0.2) is 197 Å². The number of benzene rings is 5. The summed E-state index contributed by atoms with van der Waals surface area (Å²) in [6.45, 7) is 20.2. The first-order valence-electron chi connectivity index (χ1n) is 35.5. The Labute approximate surface area is 621 Å². The average molecular weight is 1530 g/mol. The van der Waals surface area contributed by atoms with Crippen molar-refractivity contribution in [3.05, 3.63) is 159 Å². The van der Waals surface area contributed by atoms with Crippen molar-refractivity contribution in [1.82, 2.24) is 39.9 Å². The molecule has 1 aliphatic carbocycles. The van der Waals surface area contributed by atoms with Crippen LogP contribution >= 0.6 is 34.7 Å². The summed E-state index contributed by atoms with van der Waals surface area (Å²) >= 11 is 9.22. The molecule has 5 N–H and O–H groups in total. The van der Waals surface area contributed by atoms with Crippen molar-refractivity contribution in [2.24, 2.45) is 10.8 Å². The fourth-order valence-corrected chi connectivity index (χ4v) is 18.6. The fraction of sp³-hybridized carbons (Fsp3) is 0.487. The van der Waals surface area contributed by atoms with Gasteiger partial charge in [-0.05, 0) is 152 Å². The zero-order valence-corrected chi connectivity index (χ0v) is 63.8. The number of nitrogens with one attached hydrogen (secondary N) is 4. The molecule has 1 unspecified atom stereocenters. The van der Waals surface area contributed by atoms with Gasteiger partial charge in [-0.15, -0.1) is 23.1 Å². The maximum atomic E-state index is 14.7. The first-order valence-corrected chi connectivity index (χ1v) is 40.7. The van der Waals surface area contributed by atoms with Gasteiger partial charge >= 0.3 is 5.51 Å². The predicted molar refractivity (Wildman–Crippen MR) is 402 cm³/mol. The van der Waals surface area contributed by atoms with E-state index in [1.807, 2.05) is 91.4 Å². The smallest absolute Gasteiger partial charge is 0.391 e. The van der Waals surface area contributed by atoms with E-state index in [1.54, 1.807) is 43.7 Å². The first-order chi connectivity index (χ1) is 49.3. The molecule has 6 atom stereocenters. The first kappa shape index (κ1) is 78.2. The third-order valence-corrected chi connectivity index (χ3v) is 25.7. The molecule has 3 fully saturated rings. The predicted octanol–water partition coefficient (Wildman–Crippen LogP) is 11.3. The van der Waals surface area contributed by atoms with Crippen molar-refractivity contribution >= 4 is 95.1 Å². The number of β-amino-alcohol motifs (C(OH)–C–C–N with tert-alkyl or cyclic N) is 1. The van der Waals surface area contributed by atoms with E-state index in [2.05, 4.69) is 66.5 Å². The standard InChI is InChI=1S/C76H94ClF3N10O10S4/c1-49(51-13-15-53(16-14-51)69-50(2)81-48-102-69)82-72(94)66-40-60(91)45-90(66)73(95)70(74(3,4)5)84-68(92)46-100-38-37-87-33-31-86(32-34-87)30-28-58(47-101-61-11-9-8-10-12-61)83-64-25-24-62(41-67(64)103(96,97)76(78,79)80)104(98,99)85-71(93)55-20-26-65-54(39-55)19-23-59-44-88(35-36-89(59)65)43-56-42-75(6,7)29-27-63(56)52-17-21-57(77)22-18-52/h8-18,20-22,24-26,39,41,48-49,58-60,66,70,83,91H,19,23,27-38,40,42-47H2,1-7H3,(H,82,94)(H,84,92)(H,85,93)/t49-,58+,59?,60+,66-,70+/m0/s1. The molecule has 5 aliphatic rings. The summed E-state index contributed by atoms with van der Waals surface area (Å²) in [5.74, 6) is -2.19. The molecule has 104 heavy (non-hydrogen) atoms. The van der Waals surface area contributed by atoms with E-state index in [4.69, 9.17) is 16.3 Å². The number of amides is 4. The van der Waals surface area contributed by atoms with Gasteiger partial charge in [0.1, 0.15) is 23.6 Å². The molecule has 0 saturated carbocycles. The Morgan fingerprint density at radius 2 is 1.52 bits per heavy atom. The summed E-state index contributed by atoms with van der Waals surface area (Å²) in [6, 6.07) is 29.8. The van der Waals surface area contributed by atoms with E-state index >= 15 is 0 Å². The van der Waals surface area contributed by atoms with Crippen LogP contribution in [-0.2, 0) is 45.4 Å². The van der Waals surface area contributed by atoms with Crippen molar-refractivity contribution < 1.29 is 59.0 Å². The van der Waals surface area contributed by atoms with Crippen LogP contribution in [0.15, 0.2) is 141 Å². The Bertz CT molecular complexity index is 4330. The van der Waals surface area contributed by atoms with Crippen LogP contribution < -0.4 is 25.6 Å². The van der Waals surface area contributed by atoms with E-state index < -0.39 is 100 Å². The van der Waals surface area contributed by atoms with Crippen LogP contribution in [0.2, 0.25) is 5.02 Å². The molecule has 0 spiro atoms. The van der Waals surface area contributed by atoms with Crippen LogP contribution in [0.4, 0.5) is 24.5 Å². The Balaban J connectivity index is 0.669. The molecular formula is C76H94ClF3N10O10S4. The summed E-state index contributed by atoms with van der Waals surface area (Å²) in [5, 5.41) is 20.4. The molecular weight excluding hydrogens is 1430 g/mol. The number of sulfonamides is 1. The number of allylic oxidation sites excluding steroid dienone is 1. The van der Waals surface area contributed by atoms with Crippen LogP contribution in [0.25, 0.3) is 16.0 Å². The molecule has 6 aromatic rings. The van der Waals surface area contributed by atoms with Crippen LogP contribution in [0.1, 0.15) is 119 Å². The van der Waals surface area contributed by atoms with Crippen LogP contribution in [0.3, 0.4) is 0 Å². The number of likely N-dealkylation sites (tertiary alicyclic amines) is 1. The van der Waals surface area contributed by atoms with Gasteiger partial charge in [-0.1, -0.05) is 106 Å². The number of nitrogens with zero attached hydrogens (tertiary/aromatic N) is 6. The number of aromatic nitrogens is 1. The van der Waals surface area contributed by atoms with E-state index in [0.29, 0.717) is 63.2 Å². The number of thioether (sulfide) groups is 1. The van der Waals surface area contributed by atoms with Crippen molar-refractivity contribution in [1.29, 1.82) is 0 Å². The number of fused-ring (bicyclic) bond motifs is 3. The van der Waals surface area contributed by atoms with Crippen molar-refractivity contribution in [3.63, 3.8) is 0 Å². The minimum absolute atomic E-state index is 0.0222. The summed E-state index contributed by atoms with van der Waals surface area (Å²) in [6.07, 6.45) is 3.97. The lowest BCUT2D eigenvalue weighted by Gasteiger charge is -2.47. The molecule has 0 radical (unpaired) electrons. The number of piperazine rings is 2. The maximum absolute atomic E-state index is 14.7. The van der Waals surface area contributed by atoms with Crippen LogP contribution in [0.5, 0.6) is 0 Å². The number of anilines is 2. The summed E-state index contributed by atoms with van der Waals surface area (Å²) in [4.78, 5) is 70.2. The van der Waals surface area contributed by atoms with Crippen molar-refractivity contribution in [2.75, 3.05) is 101 Å². The number of hydrogen-bond donors (Lipinski definition) is 5. The van der Waals surface area contributed by atoms with Gasteiger partial charge in [0, 0.05) is 117 Å². The van der Waals surface area contributed by atoms with Gasteiger partial charge in [-0.2, -0.15) is 13.2 Å². The Hall–Kier alpha value is -6.92. The van der Waals surface area contributed by atoms with Crippen LogP contribution in [0, 0.1) is 17.8 Å². The van der Waals surface area contributed by atoms with E-state index in [1.165, 1.54) is 39.4 Å². The van der Waals surface area contributed by atoms with Gasteiger partial charge in [-0.25, -0.2) is 26.5 Å². The molecule has 560 valence electrons. The van der Waals surface area contributed by atoms with Gasteiger partial charge in [0.15, 0.2) is 0 Å². The number of halogens is 4. The highest BCUT2D eigenvalue weighted by Gasteiger charge is 2.49. The molecule has 11 rings (SSSR count). The van der Waals surface area contributed by atoms with Gasteiger partial charge < -0.3 is 40.5 Å². The topological polar surface area (TPSA) is 243 Å². The molecule has 1 aromatic heterocycles. The molecule has 4 amide bonds. The number of aryl methyl sites for hydroxylation is 2. The second-order valence-corrected chi connectivity index (χ2v) is 35.8. The van der Waals surface area contributed by atoms with Gasteiger partial charge in [-0.3, -0.25) is 29.0 Å². The van der Waals surface area contributed by atoms with Gasteiger partial charge in [0.05, 0.1) is 45.4 Å². The lowest BCUT2D eigenvalue weighted by atomic mass is 9.72. The number of aliphatic hydroxyl groups is 1. The SMILES string of the molecule is Cc1ncsc1-c1ccc([C@H](C)NC(=O)[C@@H]2C[C@@H](O)CN2C(=O)[C@@H](NC(=O)COCCN2CCN(CC[C@H](CSc3ccccc3)Nc3ccc(S(=O)(=O)NC(=O)c4ccc5c(c4)CCC4CN(CC6=C(c7ccc(Cl)cc7)CCC(C)(C)C6)CCN54)cc3S(=O)(=O)C(F)(F)F)CC2)C(C)(C)C)cc1. The highest BCUT2D eigenvalue weighted by atomic mass is 35.5. The lowest BCUT2D eigenvalue weighted by molar-refractivity contribution is -0.144. The highest BCUT2D eigenvalue weighted by Crippen LogP contribution is 2.44. The van der Waals surface area contributed by atoms with Gasteiger partial charge in [0.25, 0.3) is 25.8 Å². The number of hydrogen-bond acceptors (Lipinski definition) is 18. The number of alkyl halides is 3. The molecule has 4 aliphatic heterocycles. The second kappa shape index (κ2) is 33.1. The van der Waals surface area contributed by atoms with E-state index in [0.717, 1.165) is 102 Å². The quantitative estimate of drug-likeness (QED) is 0.0250. The summed E-state index contributed by atoms with van der Waals surface area (Å²) in [5.41, 5.74) is 3.61. The number of aliphatic hydroxyl groups excluding tert-OH is 1. The number of carbonyl (C=O) groups excluding carboxylic acids is 4. The fourth-order valence-electron chi connectivity index (χ4n) is 14.6. The van der Waals surface area contributed by atoms with Gasteiger partial charge in [0.2, 0.25) is 17.7 Å². The number of sulfone groups is 1. The molecule has 0 bridgehead atoms. The zero-order valence-electron chi connectivity index (χ0n) is 59.8. The van der Waals surface area contributed by atoms with E-state index in [9.17, 15) is 54.3 Å². The minimum atomic E-state index is -6.18. The Kier molecular flexibility index (Phi) is 24.8. The van der Waals surface area contributed by atoms with E-state index in [-0.39, 0.29) is 49.0 Å². The van der Waals surface area contributed by atoms with Crippen molar-refractivity contribution in [2.45, 2.75) is 150 Å². The number of carbonyl (C=O) groups is 4. The summed E-state index contributed by atoms with van der Waals surface area (Å²) < 4.78 is 107. The monoisotopic (exact) mass is 1530 g/mol. The third-order valence-electron chi connectivity index (χ3n) is 20.5. The molecule has 28 heteroatoms. The molecule has 20 nitrogen and oxygen atoms in total.